The summed E-state index contributed by atoms with van der Waals surface area (Å²) in [6, 6.07) is 11.3. The van der Waals surface area contributed by atoms with Crippen LogP contribution in [0, 0.1) is 0 Å². The van der Waals surface area contributed by atoms with Crippen LogP contribution in [0.3, 0.4) is 0 Å². The van der Waals surface area contributed by atoms with E-state index >= 15 is 8.78 Å². The Bertz CT molecular complexity index is 1650. The van der Waals surface area contributed by atoms with Crippen LogP contribution in [0.25, 0.3) is 10.8 Å². The molecule has 5 atom stereocenters. The summed E-state index contributed by atoms with van der Waals surface area (Å²) in [5, 5.41) is 14.4. The van der Waals surface area contributed by atoms with Crippen molar-refractivity contribution in [3.8, 4) is 5.75 Å². The van der Waals surface area contributed by atoms with Crippen molar-refractivity contribution in [1.29, 1.82) is 0 Å². The lowest BCUT2D eigenvalue weighted by molar-refractivity contribution is -0.192. The largest absolute Gasteiger partial charge is 0.462 e. The van der Waals surface area contributed by atoms with Crippen molar-refractivity contribution in [2.75, 3.05) is 6.61 Å². The van der Waals surface area contributed by atoms with E-state index in [-0.39, 0.29) is 10.3 Å². The van der Waals surface area contributed by atoms with Crippen LogP contribution in [0.4, 0.5) is 17.6 Å². The van der Waals surface area contributed by atoms with Crippen molar-refractivity contribution < 1.29 is 46.0 Å². The first-order valence-electron chi connectivity index (χ1n) is 12.8. The average Bonchev–Trinajstić information content (AvgIpc) is 3.13. The van der Waals surface area contributed by atoms with Crippen LogP contribution >= 0.6 is 6.64 Å². The van der Waals surface area contributed by atoms with Crippen LogP contribution in [-0.4, -0.2) is 63.4 Å². The summed E-state index contributed by atoms with van der Waals surface area (Å²) in [4.78, 5) is 37.9. The number of ether oxygens (including phenoxy) is 2. The van der Waals surface area contributed by atoms with Gasteiger partial charge in [0.2, 0.25) is 6.23 Å². The van der Waals surface area contributed by atoms with E-state index in [2.05, 4.69) is 5.09 Å². The highest BCUT2D eigenvalue weighted by Gasteiger charge is 2.71. The van der Waals surface area contributed by atoms with Crippen LogP contribution in [0.2, 0.25) is 0 Å². The standard InChI is InChI=1S/C26H28F4N3O8PS/c1-14(2)39-20(35)15(3)32-42(43,41-18-10-6-8-16-7-4-5-9-17(16)18)38-13-25(22(27)28)21(36)26(29,30)23(40-25)33-12-11-19(34)31-24(33)37/h4-12,14-15,21-23,36H,13H2,1-3H3,(H,32,43)(H,31,34,37). The molecule has 43 heavy (non-hydrogen) atoms. The van der Waals surface area contributed by atoms with E-state index in [9.17, 15) is 28.3 Å². The minimum absolute atomic E-state index is 0.125. The Morgan fingerprint density at radius 3 is 2.49 bits per heavy atom. The van der Waals surface area contributed by atoms with Crippen LogP contribution in [0.15, 0.2) is 64.3 Å². The molecule has 4 rings (SSSR count). The van der Waals surface area contributed by atoms with Gasteiger partial charge in [0.05, 0.1) is 12.7 Å². The molecule has 1 saturated heterocycles. The SMILES string of the molecule is CC(C)OC(=O)C(C)NP(=S)(OCC1(C(F)F)OC(n2ccc(=O)[nH]c2=O)C(F)(F)C1O)Oc1cccc2ccccc12. The minimum atomic E-state index is -4.47. The number of nitrogens with zero attached hydrogens (tertiary/aromatic N) is 1. The number of carbonyl (C=O) groups is 1. The number of benzene rings is 2. The maximum absolute atomic E-state index is 15.3. The van der Waals surface area contributed by atoms with E-state index < -0.39 is 72.9 Å². The molecule has 0 bridgehead atoms. The van der Waals surface area contributed by atoms with E-state index in [1.165, 1.54) is 13.0 Å². The van der Waals surface area contributed by atoms with Crippen LogP contribution in [0.1, 0.15) is 27.0 Å². The third kappa shape index (κ3) is 6.69. The van der Waals surface area contributed by atoms with Gasteiger partial charge >= 0.3 is 24.2 Å². The molecule has 0 aliphatic carbocycles. The molecule has 0 spiro atoms. The number of alkyl halides is 4. The highest BCUT2D eigenvalue weighted by atomic mass is 32.5. The number of halogens is 4. The fourth-order valence-electron chi connectivity index (χ4n) is 4.32. The number of nitrogens with one attached hydrogen (secondary N) is 2. The summed E-state index contributed by atoms with van der Waals surface area (Å²) < 4.78 is 81.6. The van der Waals surface area contributed by atoms with Gasteiger partial charge in [0.25, 0.3) is 12.0 Å². The molecule has 3 N–H and O–H groups in total. The molecule has 0 saturated carbocycles. The normalized spacial score (nSPS) is 23.8. The third-order valence-electron chi connectivity index (χ3n) is 6.45. The number of carbonyl (C=O) groups excluding carboxylic acids is 1. The van der Waals surface area contributed by atoms with E-state index in [4.69, 9.17) is 30.3 Å². The van der Waals surface area contributed by atoms with Crippen molar-refractivity contribution in [2.45, 2.75) is 63.2 Å². The number of aromatic nitrogens is 2. The molecule has 2 heterocycles. The lowest BCUT2D eigenvalue weighted by atomic mass is 9.96. The minimum Gasteiger partial charge on any atom is -0.462 e. The Morgan fingerprint density at radius 2 is 1.84 bits per heavy atom. The Kier molecular flexibility index (Phi) is 9.50. The van der Waals surface area contributed by atoms with Crippen LogP contribution in [0.5, 0.6) is 5.75 Å². The summed E-state index contributed by atoms with van der Waals surface area (Å²) in [6.07, 6.45) is -9.68. The molecule has 17 heteroatoms. The fraction of sp³-hybridized carbons (Fsp3) is 0.423. The average molecular weight is 650 g/mol. The molecule has 1 aliphatic heterocycles. The number of aromatic amines is 1. The van der Waals surface area contributed by atoms with Gasteiger partial charge in [-0.2, -0.15) is 8.78 Å². The van der Waals surface area contributed by atoms with Crippen molar-refractivity contribution in [3.05, 3.63) is 75.6 Å². The van der Waals surface area contributed by atoms with Gasteiger partial charge in [-0.05, 0) is 44.0 Å². The molecule has 0 radical (unpaired) electrons. The molecule has 2 aromatic carbocycles. The Morgan fingerprint density at radius 1 is 1.16 bits per heavy atom. The number of aliphatic hydroxyl groups excluding tert-OH is 1. The Labute approximate surface area is 246 Å². The highest BCUT2D eigenvalue weighted by molar-refractivity contribution is 8.09. The first kappa shape index (κ1) is 32.8. The molecule has 0 amide bonds. The van der Waals surface area contributed by atoms with Crippen molar-refractivity contribution in [2.24, 2.45) is 0 Å². The van der Waals surface area contributed by atoms with Gasteiger partial charge in [-0.3, -0.25) is 19.1 Å². The van der Waals surface area contributed by atoms with Gasteiger partial charge in [-0.25, -0.2) is 18.7 Å². The van der Waals surface area contributed by atoms with Gasteiger partial charge in [-0.15, -0.1) is 0 Å². The van der Waals surface area contributed by atoms with E-state index in [0.29, 0.717) is 23.0 Å². The number of fused-ring (bicyclic) bond motifs is 1. The number of aliphatic hydroxyl groups is 1. The second-order valence-corrected chi connectivity index (χ2v) is 13.1. The summed E-state index contributed by atoms with van der Waals surface area (Å²) >= 11 is 5.56. The van der Waals surface area contributed by atoms with E-state index in [1.54, 1.807) is 55.2 Å². The summed E-state index contributed by atoms with van der Waals surface area (Å²) in [6.45, 7) is -1.04. The van der Waals surface area contributed by atoms with Crippen molar-refractivity contribution in [1.82, 2.24) is 14.6 Å². The zero-order valence-corrected chi connectivity index (χ0v) is 24.6. The van der Waals surface area contributed by atoms with E-state index in [0.717, 1.165) is 0 Å². The zero-order valence-electron chi connectivity index (χ0n) is 22.9. The van der Waals surface area contributed by atoms with Crippen LogP contribution < -0.4 is 20.9 Å². The number of esters is 1. The fourth-order valence-corrected chi connectivity index (χ4v) is 6.74. The Balaban J connectivity index is 1.71. The first-order valence-corrected chi connectivity index (χ1v) is 15.5. The monoisotopic (exact) mass is 649 g/mol. The second kappa shape index (κ2) is 12.5. The van der Waals surface area contributed by atoms with Crippen LogP contribution in [-0.2, 0) is 30.6 Å². The molecule has 1 aromatic heterocycles. The van der Waals surface area contributed by atoms with Crippen molar-refractivity contribution in [3.63, 3.8) is 0 Å². The highest BCUT2D eigenvalue weighted by Crippen LogP contribution is 2.53. The van der Waals surface area contributed by atoms with E-state index in [1.807, 2.05) is 0 Å². The van der Waals surface area contributed by atoms with Crippen molar-refractivity contribution >= 4 is 35.2 Å². The maximum atomic E-state index is 15.3. The van der Waals surface area contributed by atoms with Gasteiger partial charge in [0.15, 0.2) is 11.7 Å². The smallest absolute Gasteiger partial charge is 0.330 e. The summed E-state index contributed by atoms with van der Waals surface area (Å²) in [7, 11) is 0. The maximum Gasteiger partial charge on any atom is 0.330 e. The number of hydrogen-bond acceptors (Lipinski definition) is 9. The summed E-state index contributed by atoms with van der Waals surface area (Å²) in [5.74, 6) is -5.14. The molecule has 234 valence electrons. The molecular formula is C26H28F4N3O8PS. The predicted molar refractivity (Wildman–Crippen MR) is 150 cm³/mol. The van der Waals surface area contributed by atoms with Gasteiger partial charge in [-0.1, -0.05) is 36.4 Å². The second-order valence-electron chi connectivity index (χ2n) is 10.00. The molecule has 1 aliphatic rings. The topological polar surface area (TPSA) is 141 Å². The number of rotatable bonds is 11. The van der Waals surface area contributed by atoms with Gasteiger partial charge in [0, 0.05) is 17.6 Å². The van der Waals surface area contributed by atoms with Gasteiger partial charge < -0.3 is 23.6 Å². The van der Waals surface area contributed by atoms with Gasteiger partial charge in [0.1, 0.15) is 11.8 Å². The lowest BCUT2D eigenvalue weighted by Crippen LogP contribution is -2.54. The number of H-pyrrole nitrogens is 1. The zero-order chi connectivity index (χ0) is 31.7. The molecule has 1 fully saturated rings. The Hall–Kier alpha value is -3.14. The molecule has 5 unspecified atom stereocenters. The quantitative estimate of drug-likeness (QED) is 0.161. The number of hydrogen-bond donors (Lipinski definition) is 3. The molecule has 11 nitrogen and oxygen atoms in total. The summed E-state index contributed by atoms with van der Waals surface area (Å²) in [5.41, 5.74) is -5.76. The lowest BCUT2D eigenvalue weighted by Gasteiger charge is -2.34. The predicted octanol–water partition coefficient (Wildman–Crippen LogP) is 3.47. The first-order chi connectivity index (χ1) is 20.1. The third-order valence-corrected chi connectivity index (χ3v) is 8.91. The molecular weight excluding hydrogens is 621 g/mol. The molecule has 3 aromatic rings.